The highest BCUT2D eigenvalue weighted by Gasteiger charge is 2.23. The molecule has 0 spiro atoms. The number of hydrogen-bond acceptors (Lipinski definition) is 5. The number of likely N-dealkylation sites (tertiary alicyclic amines) is 1. The van der Waals surface area contributed by atoms with E-state index in [9.17, 15) is 4.79 Å². The Bertz CT molecular complexity index is 714. The van der Waals surface area contributed by atoms with Gasteiger partial charge in [-0.25, -0.2) is 0 Å². The van der Waals surface area contributed by atoms with Crippen LogP contribution in [-0.2, 0) is 7.05 Å². The largest absolute Gasteiger partial charge is 0.346 e. The highest BCUT2D eigenvalue weighted by Crippen LogP contribution is 2.17. The molecule has 1 N–H and O–H groups in total. The number of aryl methyl sites for hydroxylation is 1. The van der Waals surface area contributed by atoms with E-state index in [0.717, 1.165) is 17.5 Å². The minimum absolute atomic E-state index is 0.00644. The van der Waals surface area contributed by atoms with Crippen molar-refractivity contribution in [2.24, 2.45) is 7.05 Å². The average molecular weight is 296 g/mol. The molecule has 22 heavy (non-hydrogen) atoms. The van der Waals surface area contributed by atoms with Gasteiger partial charge in [0, 0.05) is 49.7 Å². The molecule has 1 aliphatic heterocycles. The first-order chi connectivity index (χ1) is 10.7. The van der Waals surface area contributed by atoms with Crippen LogP contribution in [0.2, 0.25) is 0 Å². The third kappa shape index (κ3) is 2.91. The van der Waals surface area contributed by atoms with E-state index in [4.69, 9.17) is 5.26 Å². The van der Waals surface area contributed by atoms with E-state index < -0.39 is 0 Å². The van der Waals surface area contributed by atoms with Crippen LogP contribution in [0.25, 0.3) is 11.1 Å². The van der Waals surface area contributed by atoms with Gasteiger partial charge in [-0.3, -0.25) is 14.5 Å². The summed E-state index contributed by atoms with van der Waals surface area (Å²) < 4.78 is 1.72. The number of rotatable bonds is 3. The van der Waals surface area contributed by atoms with Crippen LogP contribution >= 0.6 is 0 Å². The minimum Gasteiger partial charge on any atom is -0.346 e. The minimum atomic E-state index is -0.206. The molecule has 7 nitrogen and oxygen atoms in total. The zero-order valence-corrected chi connectivity index (χ0v) is 12.2. The molecule has 7 heteroatoms. The van der Waals surface area contributed by atoms with Crippen molar-refractivity contribution in [3.63, 3.8) is 0 Å². The summed E-state index contributed by atoms with van der Waals surface area (Å²) in [4.78, 5) is 18.0. The van der Waals surface area contributed by atoms with Gasteiger partial charge in [-0.1, -0.05) is 6.07 Å². The summed E-state index contributed by atoms with van der Waals surface area (Å²) in [7, 11) is 1.85. The number of hydrogen-bond donors (Lipinski definition) is 1. The van der Waals surface area contributed by atoms with Crippen LogP contribution in [0.1, 0.15) is 16.9 Å². The van der Waals surface area contributed by atoms with Gasteiger partial charge >= 0.3 is 0 Å². The number of nitrogens with one attached hydrogen (secondary N) is 1. The second-order valence-electron chi connectivity index (χ2n) is 5.34. The fraction of sp³-hybridized carbons (Fsp3) is 0.333. The molecule has 1 fully saturated rings. The number of aromatic nitrogens is 3. The number of pyridine rings is 1. The summed E-state index contributed by atoms with van der Waals surface area (Å²) in [6.07, 6.45) is 8.20. The molecule has 2 aromatic heterocycles. The molecule has 1 atom stereocenters. The van der Waals surface area contributed by atoms with Crippen molar-refractivity contribution in [1.82, 2.24) is 25.0 Å². The van der Waals surface area contributed by atoms with Gasteiger partial charge in [-0.2, -0.15) is 10.4 Å². The van der Waals surface area contributed by atoms with Crippen LogP contribution in [0.15, 0.2) is 30.7 Å². The van der Waals surface area contributed by atoms with Crippen molar-refractivity contribution in [2.75, 3.05) is 13.1 Å². The van der Waals surface area contributed by atoms with E-state index in [-0.39, 0.29) is 11.9 Å². The Morgan fingerprint density at radius 3 is 2.86 bits per heavy atom. The Balaban J connectivity index is 1.65. The van der Waals surface area contributed by atoms with Crippen molar-refractivity contribution < 1.29 is 4.79 Å². The molecule has 3 heterocycles. The fourth-order valence-electron chi connectivity index (χ4n) is 2.50. The predicted octanol–water partition coefficient (Wildman–Crippen LogP) is 0.767. The molecule has 1 unspecified atom stereocenters. The van der Waals surface area contributed by atoms with E-state index in [2.05, 4.69) is 21.6 Å². The summed E-state index contributed by atoms with van der Waals surface area (Å²) in [6, 6.07) is 3.57. The molecule has 3 rings (SSSR count). The van der Waals surface area contributed by atoms with Crippen molar-refractivity contribution in [1.29, 1.82) is 5.26 Å². The molecule has 1 saturated heterocycles. The second-order valence-corrected chi connectivity index (χ2v) is 5.34. The zero-order valence-electron chi connectivity index (χ0n) is 12.2. The van der Waals surface area contributed by atoms with Crippen LogP contribution in [-0.4, -0.2) is 44.7 Å². The monoisotopic (exact) mass is 296 g/mol. The van der Waals surface area contributed by atoms with E-state index in [0.29, 0.717) is 18.8 Å². The Hall–Kier alpha value is -2.88. The first-order valence-electron chi connectivity index (χ1n) is 7.06. The van der Waals surface area contributed by atoms with Crippen molar-refractivity contribution in [3.05, 3.63) is 36.4 Å². The van der Waals surface area contributed by atoms with E-state index in [1.807, 2.05) is 19.3 Å². The number of amides is 1. The lowest BCUT2D eigenvalue weighted by Gasteiger charge is -2.11. The molecule has 0 bridgehead atoms. The molecular weight excluding hydrogens is 280 g/mol. The smallest absolute Gasteiger partial charge is 0.270 e. The summed E-state index contributed by atoms with van der Waals surface area (Å²) in [5, 5.41) is 15.8. The fourth-order valence-corrected chi connectivity index (χ4v) is 2.50. The van der Waals surface area contributed by atoms with E-state index in [1.165, 1.54) is 0 Å². The van der Waals surface area contributed by atoms with Crippen molar-refractivity contribution in [2.45, 2.75) is 12.5 Å². The maximum atomic E-state index is 12.2. The lowest BCUT2D eigenvalue weighted by atomic mass is 10.1. The SMILES string of the molecule is Cn1cc(-c2ccc(C(=O)NC3CCN(C#N)C3)nc2)cn1. The van der Waals surface area contributed by atoms with Crippen molar-refractivity contribution >= 4 is 5.91 Å². The molecule has 0 saturated carbocycles. The molecule has 1 amide bonds. The zero-order chi connectivity index (χ0) is 15.5. The molecular formula is C15H16N6O. The number of carbonyl (C=O) groups excluding carboxylic acids is 1. The van der Waals surface area contributed by atoms with Gasteiger partial charge in [0.15, 0.2) is 6.19 Å². The van der Waals surface area contributed by atoms with Gasteiger partial charge in [-0.15, -0.1) is 0 Å². The van der Waals surface area contributed by atoms with Crippen LogP contribution in [0.5, 0.6) is 0 Å². The maximum Gasteiger partial charge on any atom is 0.270 e. The summed E-state index contributed by atoms with van der Waals surface area (Å²) >= 11 is 0. The van der Waals surface area contributed by atoms with Gasteiger partial charge < -0.3 is 10.2 Å². The molecule has 0 aromatic carbocycles. The van der Waals surface area contributed by atoms with Crippen LogP contribution in [0.3, 0.4) is 0 Å². The van der Waals surface area contributed by atoms with Gasteiger partial charge in [0.1, 0.15) is 5.69 Å². The predicted molar refractivity (Wildman–Crippen MR) is 79.5 cm³/mol. The van der Waals surface area contributed by atoms with Gasteiger partial charge in [-0.05, 0) is 12.5 Å². The van der Waals surface area contributed by atoms with Crippen LogP contribution in [0, 0.1) is 11.5 Å². The first-order valence-corrected chi connectivity index (χ1v) is 7.06. The van der Waals surface area contributed by atoms with Crippen LogP contribution in [0.4, 0.5) is 0 Å². The topological polar surface area (TPSA) is 86.8 Å². The Morgan fingerprint density at radius 1 is 1.41 bits per heavy atom. The summed E-state index contributed by atoms with van der Waals surface area (Å²) in [5.41, 5.74) is 2.26. The average Bonchev–Trinajstić information content (AvgIpc) is 3.16. The van der Waals surface area contributed by atoms with Gasteiger partial charge in [0.05, 0.1) is 6.20 Å². The molecule has 1 aliphatic rings. The lowest BCUT2D eigenvalue weighted by Crippen LogP contribution is -2.36. The number of nitriles is 1. The Kier molecular flexibility index (Phi) is 3.74. The van der Waals surface area contributed by atoms with Crippen molar-refractivity contribution in [3.8, 4) is 17.3 Å². The van der Waals surface area contributed by atoms with E-state index >= 15 is 0 Å². The highest BCUT2D eigenvalue weighted by atomic mass is 16.1. The quantitative estimate of drug-likeness (QED) is 0.845. The Morgan fingerprint density at radius 2 is 2.27 bits per heavy atom. The Labute approximate surface area is 128 Å². The summed E-state index contributed by atoms with van der Waals surface area (Å²) in [5.74, 6) is -0.206. The molecule has 2 aromatic rings. The third-order valence-corrected chi connectivity index (χ3v) is 3.70. The second kappa shape index (κ2) is 5.85. The molecule has 0 aliphatic carbocycles. The number of carbonyl (C=O) groups is 1. The van der Waals surface area contributed by atoms with E-state index in [1.54, 1.807) is 28.0 Å². The normalized spacial score (nSPS) is 17.3. The molecule has 0 radical (unpaired) electrons. The highest BCUT2D eigenvalue weighted by molar-refractivity contribution is 5.92. The summed E-state index contributed by atoms with van der Waals surface area (Å²) in [6.45, 7) is 1.25. The number of nitrogens with zero attached hydrogens (tertiary/aromatic N) is 5. The molecule has 112 valence electrons. The van der Waals surface area contributed by atoms with Crippen LogP contribution < -0.4 is 5.32 Å². The van der Waals surface area contributed by atoms with Gasteiger partial charge in [0.2, 0.25) is 0 Å². The van der Waals surface area contributed by atoms with Gasteiger partial charge in [0.25, 0.3) is 5.91 Å². The standard InChI is InChI=1S/C15H16N6O/c1-20-8-12(7-18-20)11-2-3-14(17-6-11)15(22)19-13-4-5-21(9-13)10-16/h2-3,6-8,13H,4-5,9H2,1H3,(H,19,22). The third-order valence-electron chi connectivity index (χ3n) is 3.70. The maximum absolute atomic E-state index is 12.2. The first kappa shape index (κ1) is 14.1. The lowest BCUT2D eigenvalue weighted by molar-refractivity contribution is 0.0934.